The van der Waals surface area contributed by atoms with Crippen LogP contribution in [0.4, 0.5) is 0 Å². The summed E-state index contributed by atoms with van der Waals surface area (Å²) in [5, 5.41) is 9.65. The summed E-state index contributed by atoms with van der Waals surface area (Å²) < 4.78 is 25.2. The highest BCUT2D eigenvalue weighted by atomic mass is 16.6. The molecule has 6 atom stereocenters. The Balaban J connectivity index is 0.000000247. The molecule has 2 saturated heterocycles. The first kappa shape index (κ1) is 50.6. The van der Waals surface area contributed by atoms with Crippen LogP contribution in [0.25, 0.3) is 0 Å². The predicted molar refractivity (Wildman–Crippen MR) is 242 cm³/mol. The minimum absolute atomic E-state index is 0.108. The first-order valence-electron chi connectivity index (χ1n) is 21.6. The molecular weight excluding hydrogens is 857 g/mol. The Labute approximate surface area is 381 Å². The van der Waals surface area contributed by atoms with E-state index < -0.39 is 77.9 Å². The molecule has 2 amide bonds. The molecule has 4 aromatic rings. The van der Waals surface area contributed by atoms with Crippen molar-refractivity contribution in [2.45, 2.75) is 118 Å². The number of H-pyrrole nitrogens is 2. The molecule has 19 heteroatoms. The van der Waals surface area contributed by atoms with Gasteiger partial charge in [-0.05, 0) is 119 Å². The third kappa shape index (κ3) is 11.7. The summed E-state index contributed by atoms with van der Waals surface area (Å²) in [6.45, 7) is 15.9. The molecule has 2 fully saturated rings. The molecule has 6 rings (SSSR count). The second-order valence-corrected chi connectivity index (χ2v) is 17.1. The Morgan fingerprint density at radius 3 is 1.32 bits per heavy atom. The lowest BCUT2D eigenvalue weighted by Crippen LogP contribution is -2.37. The number of ether oxygens (including phenoxy) is 4. The van der Waals surface area contributed by atoms with E-state index in [-0.39, 0.29) is 37.7 Å². The summed E-state index contributed by atoms with van der Waals surface area (Å²) in [4.78, 5) is 105. The molecule has 0 aliphatic carbocycles. The fourth-order valence-electron chi connectivity index (χ4n) is 7.82. The Morgan fingerprint density at radius 1 is 0.621 bits per heavy atom. The summed E-state index contributed by atoms with van der Waals surface area (Å²) >= 11 is 0. The molecule has 356 valence electrons. The van der Waals surface area contributed by atoms with Crippen molar-refractivity contribution in [3.8, 4) is 0 Å². The maximum Gasteiger partial charge on any atom is 0.330 e. The molecule has 2 aromatic heterocycles. The fraction of sp³-hybridized carbons (Fsp3) is 0.489. The van der Waals surface area contributed by atoms with E-state index in [1.165, 1.54) is 38.4 Å². The number of esters is 2. The van der Waals surface area contributed by atoms with Crippen LogP contribution in [0.15, 0.2) is 55.8 Å². The van der Waals surface area contributed by atoms with Crippen LogP contribution in [-0.4, -0.2) is 116 Å². The second-order valence-electron chi connectivity index (χ2n) is 17.1. The molecule has 19 nitrogen and oxygen atoms in total. The van der Waals surface area contributed by atoms with Crippen molar-refractivity contribution in [2.24, 2.45) is 0 Å². The van der Waals surface area contributed by atoms with Crippen LogP contribution < -0.4 is 22.5 Å². The van der Waals surface area contributed by atoms with Gasteiger partial charge >= 0.3 is 23.3 Å². The summed E-state index contributed by atoms with van der Waals surface area (Å²) in [6.07, 6.45) is -0.360. The molecule has 2 aromatic carbocycles. The fourth-order valence-corrected chi connectivity index (χ4v) is 7.82. The number of hydrogen-bond acceptors (Lipinski definition) is 13. The zero-order valence-electron chi connectivity index (χ0n) is 39.3. The number of carbonyl (C=O) groups excluding carboxylic acids is 4. The van der Waals surface area contributed by atoms with Crippen molar-refractivity contribution in [2.75, 3.05) is 33.8 Å². The summed E-state index contributed by atoms with van der Waals surface area (Å²) in [5.74, 6) is -1.79. The van der Waals surface area contributed by atoms with Gasteiger partial charge in [0.1, 0.15) is 43.9 Å². The van der Waals surface area contributed by atoms with Crippen molar-refractivity contribution in [1.82, 2.24) is 28.9 Å². The van der Waals surface area contributed by atoms with E-state index in [1.54, 1.807) is 33.0 Å². The zero-order valence-corrected chi connectivity index (χ0v) is 39.3. The van der Waals surface area contributed by atoms with Crippen LogP contribution in [0.1, 0.15) is 104 Å². The lowest BCUT2D eigenvalue weighted by atomic mass is 10.00. The molecule has 3 N–H and O–H groups in total. The molecule has 2 aliphatic heterocycles. The Morgan fingerprint density at radius 2 is 0.970 bits per heavy atom. The van der Waals surface area contributed by atoms with Gasteiger partial charge in [-0.1, -0.05) is 6.92 Å². The molecule has 0 saturated carbocycles. The van der Waals surface area contributed by atoms with Gasteiger partial charge in [0.25, 0.3) is 22.9 Å². The number of rotatable bonds is 12. The zero-order chi connectivity index (χ0) is 48.9. The number of aromatic amines is 2. The highest BCUT2D eigenvalue weighted by molar-refractivity contribution is 5.97. The van der Waals surface area contributed by atoms with Crippen molar-refractivity contribution in [3.63, 3.8) is 0 Å². The molecule has 6 unspecified atom stereocenters. The minimum Gasteiger partial charge on any atom is -0.458 e. The number of benzene rings is 2. The molecular formula is C47H60N6O13. The number of aliphatic hydroxyl groups excluding tert-OH is 1. The van der Waals surface area contributed by atoms with E-state index in [9.17, 15) is 43.5 Å². The Kier molecular flexibility index (Phi) is 16.3. The largest absolute Gasteiger partial charge is 0.458 e. The van der Waals surface area contributed by atoms with Gasteiger partial charge < -0.3 is 33.9 Å². The number of aromatic nitrogens is 4. The molecule has 0 radical (unpaired) electrons. The summed E-state index contributed by atoms with van der Waals surface area (Å²) in [7, 11) is 3.07. The molecule has 0 spiro atoms. The van der Waals surface area contributed by atoms with Gasteiger partial charge in [-0.25, -0.2) is 9.59 Å². The minimum atomic E-state index is -0.846. The maximum absolute atomic E-state index is 12.8. The first-order chi connectivity index (χ1) is 31.0. The highest BCUT2D eigenvalue weighted by Crippen LogP contribution is 2.32. The number of aliphatic hydroxyl groups is 1. The van der Waals surface area contributed by atoms with E-state index in [1.807, 2.05) is 60.6 Å². The summed E-state index contributed by atoms with van der Waals surface area (Å²) in [6, 6.07) is 7.21. The Hall–Kier alpha value is -6.44. The van der Waals surface area contributed by atoms with Crippen molar-refractivity contribution in [3.05, 3.63) is 134 Å². The van der Waals surface area contributed by atoms with Crippen LogP contribution in [0.2, 0.25) is 0 Å². The van der Waals surface area contributed by atoms with Crippen LogP contribution in [0.5, 0.6) is 0 Å². The van der Waals surface area contributed by atoms with Crippen LogP contribution >= 0.6 is 0 Å². The number of likely N-dealkylation sites (N-methyl/N-ethyl adjacent to an activating group) is 2. The normalized spacial score (nSPS) is 20.0. The van der Waals surface area contributed by atoms with Gasteiger partial charge in [-0.15, -0.1) is 0 Å². The summed E-state index contributed by atoms with van der Waals surface area (Å²) in [5.41, 5.74) is 5.77. The van der Waals surface area contributed by atoms with Gasteiger partial charge in [0.2, 0.25) is 0 Å². The average Bonchev–Trinajstić information content (AvgIpc) is 3.86. The lowest BCUT2D eigenvalue weighted by molar-refractivity contribution is -0.154. The topological polar surface area (TPSA) is 242 Å². The van der Waals surface area contributed by atoms with E-state index in [0.29, 0.717) is 28.7 Å². The number of aryl methyl sites for hydroxylation is 6. The first-order valence-corrected chi connectivity index (χ1v) is 21.6. The third-order valence-corrected chi connectivity index (χ3v) is 12.2. The van der Waals surface area contributed by atoms with Gasteiger partial charge in [-0.3, -0.25) is 47.9 Å². The lowest BCUT2D eigenvalue weighted by Gasteiger charge is -2.21. The van der Waals surface area contributed by atoms with Gasteiger partial charge in [0, 0.05) is 61.6 Å². The highest BCUT2D eigenvalue weighted by Gasteiger charge is 2.40. The van der Waals surface area contributed by atoms with E-state index in [4.69, 9.17) is 18.9 Å². The number of amides is 2. The number of nitrogens with zero attached hydrogens (tertiary/aromatic N) is 4. The second kappa shape index (κ2) is 21.2. The average molecular weight is 917 g/mol. The van der Waals surface area contributed by atoms with E-state index in [2.05, 4.69) is 9.97 Å². The van der Waals surface area contributed by atoms with Gasteiger partial charge in [-0.2, -0.15) is 0 Å². The van der Waals surface area contributed by atoms with Crippen LogP contribution in [0.3, 0.4) is 0 Å². The predicted octanol–water partition coefficient (Wildman–Crippen LogP) is 2.89. The Bertz CT molecular complexity index is 2500. The van der Waals surface area contributed by atoms with Crippen LogP contribution in [-0.2, 0) is 28.5 Å². The molecule has 2 aliphatic rings. The number of hydrogen-bond donors (Lipinski definition) is 3. The smallest absolute Gasteiger partial charge is 0.330 e. The number of carbonyl (C=O) groups is 4. The number of nitrogens with one attached hydrogen (secondary N) is 2. The van der Waals surface area contributed by atoms with Gasteiger partial charge in [0.05, 0.1) is 12.7 Å². The van der Waals surface area contributed by atoms with Crippen LogP contribution in [0, 0.1) is 55.4 Å². The maximum atomic E-state index is 12.8. The quantitative estimate of drug-likeness (QED) is 0.174. The van der Waals surface area contributed by atoms with Gasteiger partial charge in [0.15, 0.2) is 0 Å². The van der Waals surface area contributed by atoms with Crippen molar-refractivity contribution < 1.29 is 43.2 Å². The standard InChI is InChI=1S/C24H31N3O6.C23H29N3O7/c1-7-18-19(10-20(32-18)27-11-15(4)22(29)25-24(27)31)33-21(28)12-26(6)23(30)17-8-13(2)16(5)14(3)9-17;1-12-6-16(7-13(2)15(12)4)22(30)25(5)10-20(28)33-17-8-19(32-18(17)11-27)26-9-14(3)21(29)24-23(26)31/h8-9,11,18-20H,7,10,12H2,1-6H3,(H,25,29,31);6-7,9,17-19,27H,8,10-11H2,1-5H3,(H,24,29,31). The molecule has 4 heterocycles. The SMILES string of the molecule is CCC1OC(n2cc(C)c(=O)[nH]c2=O)CC1OC(=O)CN(C)C(=O)c1cc(C)c(C)c(C)c1.Cc1cc(C(=O)N(C)CC(=O)OC2CC(n3cc(C)c(=O)[nH]c3=O)OC2CO)cc(C)c1C. The van der Waals surface area contributed by atoms with E-state index >= 15 is 0 Å². The van der Waals surface area contributed by atoms with E-state index in [0.717, 1.165) is 33.4 Å². The van der Waals surface area contributed by atoms with Crippen molar-refractivity contribution >= 4 is 23.8 Å². The molecule has 0 bridgehead atoms. The third-order valence-electron chi connectivity index (χ3n) is 12.2. The van der Waals surface area contributed by atoms with Crippen molar-refractivity contribution in [1.29, 1.82) is 0 Å². The monoisotopic (exact) mass is 916 g/mol. The molecule has 66 heavy (non-hydrogen) atoms.